The second-order valence-corrected chi connectivity index (χ2v) is 2.98. The minimum Gasteiger partial charge on any atom is -0.380 e. The molecule has 0 aromatic carbocycles. The molecule has 2 nitrogen and oxygen atoms in total. The number of hydrogen-bond donors (Lipinski definition) is 1. The van der Waals surface area contributed by atoms with Crippen LogP contribution in [0.4, 0.5) is 0 Å². The maximum Gasteiger partial charge on any atom is 0.0708 e. The Morgan fingerprint density at radius 2 is 2.44 bits per heavy atom. The minimum atomic E-state index is 0.413. The van der Waals surface area contributed by atoms with Gasteiger partial charge in [0.1, 0.15) is 0 Å². The van der Waals surface area contributed by atoms with Crippen molar-refractivity contribution in [1.29, 1.82) is 0 Å². The highest BCUT2D eigenvalue weighted by atomic mass is 32.1. The van der Waals surface area contributed by atoms with Crippen LogP contribution in [0.25, 0.3) is 0 Å². The lowest BCUT2D eigenvalue weighted by Crippen LogP contribution is -2.33. The lowest BCUT2D eigenvalue weighted by atomic mass is 10.1. The molecule has 0 saturated carbocycles. The number of thiol groups is 1. The van der Waals surface area contributed by atoms with Gasteiger partial charge in [0.2, 0.25) is 0 Å². The van der Waals surface area contributed by atoms with Crippen molar-refractivity contribution in [1.82, 2.24) is 4.31 Å². The number of hydrogen-bond acceptors (Lipinski definition) is 3. The molecule has 0 aromatic rings. The van der Waals surface area contributed by atoms with Gasteiger partial charge < -0.3 is 4.74 Å². The van der Waals surface area contributed by atoms with Crippen LogP contribution in [0, 0.1) is 0 Å². The van der Waals surface area contributed by atoms with E-state index in [-0.39, 0.29) is 0 Å². The van der Waals surface area contributed by atoms with Gasteiger partial charge in [0.05, 0.1) is 6.10 Å². The van der Waals surface area contributed by atoms with E-state index in [9.17, 15) is 0 Å². The maximum atomic E-state index is 5.17. The lowest BCUT2D eigenvalue weighted by Gasteiger charge is -2.27. The number of nitrogens with zero attached hydrogens (tertiary/aromatic N) is 1. The maximum absolute atomic E-state index is 5.17. The van der Waals surface area contributed by atoms with Crippen molar-refractivity contribution in [2.75, 3.05) is 20.2 Å². The van der Waals surface area contributed by atoms with E-state index in [1.807, 2.05) is 4.31 Å². The van der Waals surface area contributed by atoms with Crippen LogP contribution in [0.5, 0.6) is 0 Å². The summed E-state index contributed by atoms with van der Waals surface area (Å²) in [6.45, 7) is 2.07. The summed E-state index contributed by atoms with van der Waals surface area (Å²) >= 11 is 4.23. The smallest absolute Gasteiger partial charge is 0.0708 e. The predicted molar refractivity (Wildman–Crippen MR) is 40.6 cm³/mol. The molecular weight excluding hydrogens is 134 g/mol. The Labute approximate surface area is 61.7 Å². The fourth-order valence-corrected chi connectivity index (χ4v) is 1.44. The normalized spacial score (nSPS) is 30.7. The molecule has 1 fully saturated rings. The zero-order chi connectivity index (χ0) is 6.69. The third kappa shape index (κ3) is 2.16. The molecule has 1 unspecified atom stereocenters. The molecule has 0 aliphatic carbocycles. The average Bonchev–Trinajstić information content (AvgIpc) is 1.88. The Morgan fingerprint density at radius 1 is 1.67 bits per heavy atom. The molecule has 0 radical (unpaired) electrons. The van der Waals surface area contributed by atoms with Crippen molar-refractivity contribution in [3.05, 3.63) is 0 Å². The Balaban J connectivity index is 2.23. The first-order chi connectivity index (χ1) is 4.33. The molecule has 1 rings (SSSR count). The summed E-state index contributed by atoms with van der Waals surface area (Å²) in [5.41, 5.74) is 0. The Morgan fingerprint density at radius 3 is 2.89 bits per heavy atom. The van der Waals surface area contributed by atoms with Gasteiger partial charge in [-0.3, -0.25) is 4.31 Å². The summed E-state index contributed by atoms with van der Waals surface area (Å²) in [6.07, 6.45) is 2.81. The monoisotopic (exact) mass is 147 g/mol. The zero-order valence-corrected chi connectivity index (χ0v) is 6.60. The van der Waals surface area contributed by atoms with Crippen LogP contribution in [-0.2, 0) is 4.74 Å². The summed E-state index contributed by atoms with van der Waals surface area (Å²) in [7, 11) is 1.76. The molecule has 9 heavy (non-hydrogen) atoms. The molecule has 0 aromatic heterocycles. The van der Waals surface area contributed by atoms with Gasteiger partial charge in [-0.25, -0.2) is 0 Å². The molecular formula is C6H13NOS. The topological polar surface area (TPSA) is 12.5 Å². The van der Waals surface area contributed by atoms with Gasteiger partial charge in [0, 0.05) is 20.2 Å². The van der Waals surface area contributed by atoms with Crippen LogP contribution < -0.4 is 0 Å². The molecule has 1 aliphatic rings. The number of methoxy groups -OCH3 is 1. The first-order valence-corrected chi connectivity index (χ1v) is 3.69. The molecule has 54 valence electrons. The minimum absolute atomic E-state index is 0.413. The summed E-state index contributed by atoms with van der Waals surface area (Å²) in [6, 6.07) is 0. The molecule has 0 bridgehead atoms. The number of piperidine rings is 1. The standard InChI is InChI=1S/C6H13NOS/c1-8-6-3-2-4-7(9)5-6/h6,9H,2-5H2,1H3. The highest BCUT2D eigenvalue weighted by Gasteiger charge is 2.15. The van der Waals surface area contributed by atoms with E-state index in [0.717, 1.165) is 13.1 Å². The lowest BCUT2D eigenvalue weighted by molar-refractivity contribution is 0.0606. The number of ether oxygens (including phenoxy) is 1. The highest BCUT2D eigenvalue weighted by molar-refractivity contribution is 7.77. The Kier molecular flexibility index (Phi) is 2.82. The van der Waals surface area contributed by atoms with E-state index in [1.54, 1.807) is 7.11 Å². The quantitative estimate of drug-likeness (QED) is 0.554. The fourth-order valence-electron chi connectivity index (χ4n) is 1.11. The summed E-state index contributed by atoms with van der Waals surface area (Å²) in [5, 5.41) is 0. The third-order valence-corrected chi connectivity index (χ3v) is 2.05. The van der Waals surface area contributed by atoms with Crippen molar-refractivity contribution in [2.24, 2.45) is 0 Å². The van der Waals surface area contributed by atoms with Crippen molar-refractivity contribution in [2.45, 2.75) is 18.9 Å². The average molecular weight is 147 g/mol. The molecule has 0 amide bonds. The van der Waals surface area contributed by atoms with E-state index in [0.29, 0.717) is 6.10 Å². The van der Waals surface area contributed by atoms with Crippen molar-refractivity contribution < 1.29 is 4.74 Å². The largest absolute Gasteiger partial charge is 0.380 e. The van der Waals surface area contributed by atoms with Crippen molar-refractivity contribution in [3.8, 4) is 0 Å². The van der Waals surface area contributed by atoms with E-state index in [2.05, 4.69) is 12.8 Å². The van der Waals surface area contributed by atoms with Gasteiger partial charge in [0.15, 0.2) is 0 Å². The van der Waals surface area contributed by atoms with Gasteiger partial charge in [-0.15, -0.1) is 0 Å². The van der Waals surface area contributed by atoms with Gasteiger partial charge >= 0.3 is 0 Å². The molecule has 1 atom stereocenters. The molecule has 1 saturated heterocycles. The highest BCUT2D eigenvalue weighted by Crippen LogP contribution is 2.12. The van der Waals surface area contributed by atoms with Crippen LogP contribution in [0.1, 0.15) is 12.8 Å². The Bertz CT molecular complexity index is 89.1. The van der Waals surface area contributed by atoms with Crippen molar-refractivity contribution in [3.63, 3.8) is 0 Å². The van der Waals surface area contributed by atoms with Gasteiger partial charge in [0.25, 0.3) is 0 Å². The van der Waals surface area contributed by atoms with Gasteiger partial charge in [-0.05, 0) is 12.8 Å². The summed E-state index contributed by atoms with van der Waals surface area (Å²) in [5.74, 6) is 0. The van der Waals surface area contributed by atoms with E-state index in [1.165, 1.54) is 12.8 Å². The molecule has 3 heteroatoms. The zero-order valence-electron chi connectivity index (χ0n) is 5.71. The third-order valence-electron chi connectivity index (χ3n) is 1.69. The molecule has 1 heterocycles. The van der Waals surface area contributed by atoms with E-state index in [4.69, 9.17) is 4.74 Å². The second kappa shape index (κ2) is 3.44. The van der Waals surface area contributed by atoms with Gasteiger partial charge in [-0.1, -0.05) is 12.8 Å². The van der Waals surface area contributed by atoms with Crippen molar-refractivity contribution >= 4 is 12.8 Å². The summed E-state index contributed by atoms with van der Waals surface area (Å²) < 4.78 is 7.18. The molecule has 0 spiro atoms. The molecule has 0 N–H and O–H groups in total. The molecule has 1 aliphatic heterocycles. The van der Waals surface area contributed by atoms with E-state index >= 15 is 0 Å². The Hall–Kier alpha value is 0.270. The predicted octanol–water partition coefficient (Wildman–Crippen LogP) is 0.942. The van der Waals surface area contributed by atoms with Crippen LogP contribution >= 0.6 is 12.8 Å². The fraction of sp³-hybridized carbons (Fsp3) is 1.00. The van der Waals surface area contributed by atoms with Crippen LogP contribution in [0.15, 0.2) is 0 Å². The summed E-state index contributed by atoms with van der Waals surface area (Å²) in [4.78, 5) is 0. The van der Waals surface area contributed by atoms with Gasteiger partial charge in [-0.2, -0.15) is 0 Å². The first-order valence-electron chi connectivity index (χ1n) is 3.29. The van der Waals surface area contributed by atoms with Crippen LogP contribution in [0.3, 0.4) is 0 Å². The SMILES string of the molecule is COC1CCCN(S)C1. The van der Waals surface area contributed by atoms with E-state index < -0.39 is 0 Å². The van der Waals surface area contributed by atoms with Crippen LogP contribution in [0.2, 0.25) is 0 Å². The van der Waals surface area contributed by atoms with Crippen LogP contribution in [-0.4, -0.2) is 30.6 Å². The number of rotatable bonds is 1. The first kappa shape index (κ1) is 7.38. The second-order valence-electron chi connectivity index (χ2n) is 2.41.